The van der Waals surface area contributed by atoms with E-state index in [-0.39, 0.29) is 37.7 Å². The molecule has 0 saturated carbocycles. The van der Waals surface area contributed by atoms with E-state index < -0.39 is 8.24 Å². The van der Waals surface area contributed by atoms with Gasteiger partial charge in [0.15, 0.2) is 0 Å². The molecule has 32 valence electrons. The van der Waals surface area contributed by atoms with Gasteiger partial charge in [0, 0.05) is 0 Å². The van der Waals surface area contributed by atoms with E-state index in [0.717, 1.165) is 0 Å². The van der Waals surface area contributed by atoms with Crippen LogP contribution >= 0.6 is 0 Å². The summed E-state index contributed by atoms with van der Waals surface area (Å²) in [6.07, 6.45) is 0. The average Bonchev–Trinajstić information content (AvgIpc) is 0.722. The largest absolute Gasteiger partial charge is 1.00 e. The van der Waals surface area contributed by atoms with Crippen molar-refractivity contribution in [3.05, 3.63) is 0 Å². The molecule has 4 heteroatoms. The Bertz CT molecular complexity index is 28.4. The molecule has 0 fully saturated rings. The molecule has 7 heavy (non-hydrogen) atoms. The first-order valence-corrected chi connectivity index (χ1v) is 5.37. The summed E-state index contributed by atoms with van der Waals surface area (Å²) in [5, 5.41) is 5.49. The summed E-state index contributed by atoms with van der Waals surface area (Å²) < 4.78 is 0. The van der Waals surface area contributed by atoms with Gasteiger partial charge >= 0.3 is 37.7 Å². The van der Waals surface area contributed by atoms with Crippen molar-refractivity contribution in [1.29, 1.82) is 0 Å². The van der Waals surface area contributed by atoms with Gasteiger partial charge < -0.3 is 5.40 Å². The molecule has 0 amide bonds. The van der Waals surface area contributed by atoms with Crippen LogP contribution in [0, 0.1) is 0 Å². The van der Waals surface area contributed by atoms with Gasteiger partial charge in [-0.1, -0.05) is 19.6 Å². The maximum atomic E-state index is 5.49. The van der Waals surface area contributed by atoms with Crippen LogP contribution in [0.15, 0.2) is 0 Å². The topological polar surface area (TPSA) is 26.0 Å². The number of hydrogen-bond acceptors (Lipinski definition) is 1. The quantitative estimate of drug-likeness (QED) is 0.305. The summed E-state index contributed by atoms with van der Waals surface area (Å²) in [7, 11) is -1.11. The maximum Gasteiger partial charge on any atom is 1.00 e. The first-order valence-electron chi connectivity index (χ1n) is 1.79. The zero-order valence-corrected chi connectivity index (χ0v) is 7.08. The van der Waals surface area contributed by atoms with E-state index in [2.05, 4.69) is 19.6 Å². The molecule has 0 spiro atoms. The first-order chi connectivity index (χ1) is 2.00. The van der Waals surface area contributed by atoms with E-state index in [4.69, 9.17) is 5.40 Å². The molecule has 0 aromatic carbocycles. The van der Waals surface area contributed by atoms with Crippen LogP contribution in [0.4, 0.5) is 0 Å². The van der Waals surface area contributed by atoms with Crippen molar-refractivity contribution in [2.45, 2.75) is 19.6 Å². The van der Waals surface area contributed by atoms with Crippen molar-refractivity contribution < 1.29 is 37.7 Å². The third kappa shape index (κ3) is 113. The molecular weight excluding hydrogens is 92.0 g/mol. The average molecular weight is 103 g/mol. The van der Waals surface area contributed by atoms with Gasteiger partial charge in [0.05, 0.1) is 0 Å². The van der Waals surface area contributed by atoms with Gasteiger partial charge in [0.1, 0.15) is 8.24 Å². The van der Waals surface area contributed by atoms with Crippen molar-refractivity contribution in [3.63, 3.8) is 0 Å². The second kappa shape index (κ2) is 5.51. The Morgan fingerprint density at radius 2 is 1.00 bits per heavy atom. The van der Waals surface area contributed by atoms with Crippen LogP contribution in [-0.2, 0) is 0 Å². The van der Waals surface area contributed by atoms with Crippen molar-refractivity contribution in [3.8, 4) is 0 Å². The van der Waals surface area contributed by atoms with E-state index in [9.17, 15) is 0 Å². The van der Waals surface area contributed by atoms with Gasteiger partial charge in [-0.3, -0.25) is 0 Å². The van der Waals surface area contributed by atoms with Crippen molar-refractivity contribution in [2.75, 3.05) is 0 Å². The summed E-state index contributed by atoms with van der Waals surface area (Å²) in [4.78, 5) is 0. The summed E-state index contributed by atoms with van der Waals surface area (Å²) >= 11 is 0. The Balaban J connectivity index is -0.0000000800. The second-order valence-corrected chi connectivity index (χ2v) is 7.10. The van der Waals surface area contributed by atoms with Crippen LogP contribution in [-0.4, -0.2) is 8.24 Å². The minimum Gasteiger partial charge on any atom is -0.351 e. The molecule has 0 unspecified atom stereocenters. The zero-order valence-electron chi connectivity index (χ0n) is 6.08. The Kier molecular flexibility index (Phi) is 12.4. The molecule has 0 bridgehead atoms. The summed E-state index contributed by atoms with van der Waals surface area (Å²) in [6, 6.07) is 0. The van der Waals surface area contributed by atoms with Gasteiger partial charge in [-0.2, -0.15) is 0 Å². The smallest absolute Gasteiger partial charge is 0.351 e. The molecule has 0 aliphatic heterocycles. The Labute approximate surface area is 70.9 Å². The van der Waals surface area contributed by atoms with Crippen LogP contribution in [0.3, 0.4) is 0 Å². The van der Waals surface area contributed by atoms with Crippen LogP contribution in [0.2, 0.25) is 19.6 Å². The Hall–Kier alpha value is 1.37. The number of hydrogen-bond donors (Lipinski definition) is 1. The maximum absolute atomic E-state index is 5.49. The predicted octanol–water partition coefficient (Wildman–Crippen LogP) is -5.21. The van der Waals surface area contributed by atoms with E-state index in [1.54, 1.807) is 0 Å². The van der Waals surface area contributed by atoms with Gasteiger partial charge in [-0.25, -0.2) is 0 Å². The molecule has 0 aromatic rings. The fraction of sp³-hybridized carbons (Fsp3) is 1.00. The van der Waals surface area contributed by atoms with Gasteiger partial charge in [0.25, 0.3) is 0 Å². The van der Waals surface area contributed by atoms with Crippen molar-refractivity contribution in [1.82, 2.24) is 0 Å². The molecule has 0 atom stereocenters. The first kappa shape index (κ1) is 15.8. The molecule has 0 saturated heterocycles. The standard InChI is InChI=1S/C3H11NSi.2Li/c1-5(2,3)4;;/h4H2,1-3H3;;/q;2*+1. The van der Waals surface area contributed by atoms with Crippen LogP contribution in [0.25, 0.3) is 0 Å². The summed E-state index contributed by atoms with van der Waals surface area (Å²) in [6.45, 7) is 6.31. The van der Waals surface area contributed by atoms with Gasteiger partial charge in [0.2, 0.25) is 0 Å². The summed E-state index contributed by atoms with van der Waals surface area (Å²) in [5.74, 6) is 0. The second-order valence-electron chi connectivity index (χ2n) is 2.37. The molecule has 0 aromatic heterocycles. The molecule has 2 N–H and O–H groups in total. The van der Waals surface area contributed by atoms with Gasteiger partial charge in [-0.15, -0.1) is 0 Å². The normalized spacial score (nSPS) is 8.57. The molecule has 0 aliphatic carbocycles. The molecule has 1 nitrogen and oxygen atoms in total. The minimum atomic E-state index is -1.11. The van der Waals surface area contributed by atoms with Crippen molar-refractivity contribution in [2.24, 2.45) is 5.40 Å². The van der Waals surface area contributed by atoms with Crippen molar-refractivity contribution >= 4 is 8.24 Å². The predicted molar refractivity (Wildman–Crippen MR) is 27.5 cm³/mol. The van der Waals surface area contributed by atoms with E-state index in [1.165, 1.54) is 0 Å². The molecule has 0 aliphatic rings. The Morgan fingerprint density at radius 1 is 1.00 bits per heavy atom. The van der Waals surface area contributed by atoms with E-state index in [1.807, 2.05) is 0 Å². The van der Waals surface area contributed by atoms with Crippen LogP contribution < -0.4 is 43.1 Å². The summed E-state index contributed by atoms with van der Waals surface area (Å²) in [5.41, 5.74) is 0. The molecule has 0 rings (SSSR count). The fourth-order valence-electron chi connectivity index (χ4n) is 0. The molecule has 0 radical (unpaired) electrons. The van der Waals surface area contributed by atoms with E-state index in [0.29, 0.717) is 0 Å². The number of nitrogens with two attached hydrogens (primary N) is 1. The zero-order chi connectivity index (χ0) is 4.50. The molecular formula is C3H11Li2NSi+2. The van der Waals surface area contributed by atoms with Gasteiger partial charge in [-0.05, 0) is 0 Å². The monoisotopic (exact) mass is 103 g/mol. The van der Waals surface area contributed by atoms with Crippen LogP contribution in [0.1, 0.15) is 0 Å². The van der Waals surface area contributed by atoms with Crippen LogP contribution in [0.5, 0.6) is 0 Å². The fourth-order valence-corrected chi connectivity index (χ4v) is 0. The Morgan fingerprint density at radius 3 is 1.00 bits per heavy atom. The minimum absolute atomic E-state index is 0. The third-order valence-corrected chi connectivity index (χ3v) is 0. The SMILES string of the molecule is C[Si](C)(C)N.[Li+].[Li+]. The van der Waals surface area contributed by atoms with E-state index >= 15 is 0 Å². The number of rotatable bonds is 0. The molecule has 0 heterocycles. The third-order valence-electron chi connectivity index (χ3n) is 0.